The zero-order chi connectivity index (χ0) is 13.8. The quantitative estimate of drug-likeness (QED) is 0.810. The minimum atomic E-state index is -0.388. The van der Waals surface area contributed by atoms with Gasteiger partial charge in [0, 0.05) is 10.7 Å². The Morgan fingerprint density at radius 3 is 2.89 bits per heavy atom. The van der Waals surface area contributed by atoms with Crippen LogP contribution in [0.1, 0.15) is 35.9 Å². The maximum atomic E-state index is 11.6. The molecule has 1 heterocycles. The molecule has 0 aliphatic rings. The summed E-state index contributed by atoms with van der Waals surface area (Å²) in [6.07, 6.45) is 3.36. The van der Waals surface area contributed by atoms with Gasteiger partial charge in [-0.3, -0.25) is 0 Å². The second kappa shape index (κ2) is 6.02. The SMILES string of the molecule is CCOC(=O)c1cn([C@@H](C)c2ccccc2Br)cn1. The Morgan fingerprint density at radius 1 is 1.47 bits per heavy atom. The lowest BCUT2D eigenvalue weighted by molar-refractivity contribution is 0.0520. The van der Waals surface area contributed by atoms with Crippen molar-refractivity contribution in [3.63, 3.8) is 0 Å². The summed E-state index contributed by atoms with van der Waals surface area (Å²) in [6, 6.07) is 8.08. The average molecular weight is 323 g/mol. The Labute approximate surface area is 120 Å². The fourth-order valence-electron chi connectivity index (χ4n) is 1.83. The molecule has 0 spiro atoms. The number of ether oxygens (including phenoxy) is 1. The summed E-state index contributed by atoms with van der Waals surface area (Å²) in [5.74, 6) is -0.388. The summed E-state index contributed by atoms with van der Waals surface area (Å²) >= 11 is 3.53. The van der Waals surface area contributed by atoms with Crippen molar-refractivity contribution in [1.29, 1.82) is 0 Å². The van der Waals surface area contributed by atoms with Crippen LogP contribution in [0.5, 0.6) is 0 Å². The number of benzene rings is 1. The number of halogens is 1. The summed E-state index contributed by atoms with van der Waals surface area (Å²) in [5, 5.41) is 0. The topological polar surface area (TPSA) is 44.1 Å². The van der Waals surface area contributed by atoms with Crippen molar-refractivity contribution in [2.75, 3.05) is 6.61 Å². The number of aromatic nitrogens is 2. The van der Waals surface area contributed by atoms with Gasteiger partial charge in [-0.15, -0.1) is 0 Å². The number of imidazole rings is 1. The number of carbonyl (C=O) groups is 1. The predicted octanol–water partition coefficient (Wildman–Crippen LogP) is 3.43. The molecule has 4 nitrogen and oxygen atoms in total. The minimum Gasteiger partial charge on any atom is -0.461 e. The second-order valence-corrected chi connectivity index (χ2v) is 4.98. The van der Waals surface area contributed by atoms with Crippen molar-refractivity contribution in [1.82, 2.24) is 9.55 Å². The highest BCUT2D eigenvalue weighted by Gasteiger charge is 2.15. The Balaban J connectivity index is 2.23. The minimum absolute atomic E-state index is 0.0891. The molecule has 0 saturated heterocycles. The van der Waals surface area contributed by atoms with Crippen LogP contribution in [0.2, 0.25) is 0 Å². The van der Waals surface area contributed by atoms with E-state index in [2.05, 4.69) is 27.8 Å². The van der Waals surface area contributed by atoms with Crippen molar-refractivity contribution in [2.24, 2.45) is 0 Å². The van der Waals surface area contributed by atoms with Crippen LogP contribution in [-0.2, 0) is 4.74 Å². The van der Waals surface area contributed by atoms with Crippen molar-refractivity contribution < 1.29 is 9.53 Å². The smallest absolute Gasteiger partial charge is 0.358 e. The number of rotatable bonds is 4. The van der Waals surface area contributed by atoms with E-state index in [-0.39, 0.29) is 12.0 Å². The van der Waals surface area contributed by atoms with Crippen molar-refractivity contribution in [3.05, 3.63) is 52.5 Å². The van der Waals surface area contributed by atoms with Crippen molar-refractivity contribution in [3.8, 4) is 0 Å². The highest BCUT2D eigenvalue weighted by Crippen LogP contribution is 2.25. The molecule has 0 aliphatic heterocycles. The molecule has 0 radical (unpaired) electrons. The number of hydrogen-bond acceptors (Lipinski definition) is 3. The molecule has 0 N–H and O–H groups in total. The first-order chi connectivity index (χ1) is 9.13. The van der Waals surface area contributed by atoms with Crippen LogP contribution in [0.25, 0.3) is 0 Å². The van der Waals surface area contributed by atoms with Gasteiger partial charge in [-0.1, -0.05) is 34.1 Å². The van der Waals surface area contributed by atoms with Gasteiger partial charge in [0.25, 0.3) is 0 Å². The molecule has 2 rings (SSSR count). The summed E-state index contributed by atoms with van der Waals surface area (Å²) in [4.78, 5) is 15.7. The zero-order valence-electron chi connectivity index (χ0n) is 10.8. The maximum absolute atomic E-state index is 11.6. The first-order valence-electron chi connectivity index (χ1n) is 6.08. The third-order valence-electron chi connectivity index (χ3n) is 2.89. The van der Waals surface area contributed by atoms with Gasteiger partial charge in [-0.2, -0.15) is 0 Å². The molecule has 0 saturated carbocycles. The van der Waals surface area contributed by atoms with Crippen LogP contribution in [0.15, 0.2) is 41.3 Å². The van der Waals surface area contributed by atoms with E-state index >= 15 is 0 Å². The Kier molecular flexibility index (Phi) is 4.37. The lowest BCUT2D eigenvalue weighted by Crippen LogP contribution is -2.07. The Bertz CT molecular complexity index is 580. The van der Waals surface area contributed by atoms with Crippen LogP contribution in [-0.4, -0.2) is 22.1 Å². The molecule has 5 heteroatoms. The zero-order valence-corrected chi connectivity index (χ0v) is 12.4. The largest absolute Gasteiger partial charge is 0.461 e. The molecule has 0 fully saturated rings. The molecular weight excluding hydrogens is 308 g/mol. The molecule has 2 aromatic rings. The van der Waals surface area contributed by atoms with Gasteiger partial charge in [0.1, 0.15) is 0 Å². The van der Waals surface area contributed by atoms with E-state index in [0.29, 0.717) is 12.3 Å². The third-order valence-corrected chi connectivity index (χ3v) is 3.61. The van der Waals surface area contributed by atoms with E-state index in [1.807, 2.05) is 28.8 Å². The van der Waals surface area contributed by atoms with Crippen LogP contribution in [0.3, 0.4) is 0 Å². The molecule has 1 aromatic heterocycles. The monoisotopic (exact) mass is 322 g/mol. The summed E-state index contributed by atoms with van der Waals surface area (Å²) in [7, 11) is 0. The molecule has 0 amide bonds. The summed E-state index contributed by atoms with van der Waals surface area (Å²) in [6.45, 7) is 4.18. The molecule has 0 aliphatic carbocycles. The van der Waals surface area contributed by atoms with E-state index in [1.54, 1.807) is 19.4 Å². The van der Waals surface area contributed by atoms with Crippen LogP contribution < -0.4 is 0 Å². The molecule has 0 bridgehead atoms. The van der Waals surface area contributed by atoms with Gasteiger partial charge in [0.2, 0.25) is 0 Å². The Morgan fingerprint density at radius 2 is 2.21 bits per heavy atom. The summed E-state index contributed by atoms with van der Waals surface area (Å²) < 4.78 is 7.86. The molecule has 0 unspecified atom stereocenters. The van der Waals surface area contributed by atoms with E-state index in [0.717, 1.165) is 10.0 Å². The number of esters is 1. The average Bonchev–Trinajstić information content (AvgIpc) is 2.88. The van der Waals surface area contributed by atoms with Crippen molar-refractivity contribution >= 4 is 21.9 Å². The lowest BCUT2D eigenvalue weighted by Gasteiger charge is -2.14. The van der Waals surface area contributed by atoms with Gasteiger partial charge < -0.3 is 9.30 Å². The number of hydrogen-bond donors (Lipinski definition) is 0. The third kappa shape index (κ3) is 3.04. The molecule has 100 valence electrons. The second-order valence-electron chi connectivity index (χ2n) is 4.12. The van der Waals surface area contributed by atoms with Crippen LogP contribution in [0.4, 0.5) is 0 Å². The van der Waals surface area contributed by atoms with E-state index in [9.17, 15) is 4.79 Å². The standard InChI is InChI=1S/C14H15BrN2O2/c1-3-19-14(18)13-8-17(9-16-13)10(2)11-6-4-5-7-12(11)15/h4-10H,3H2,1-2H3/t10-/m0/s1. The van der Waals surface area contributed by atoms with Crippen LogP contribution in [0, 0.1) is 0 Å². The number of carbonyl (C=O) groups excluding carboxylic acids is 1. The van der Waals surface area contributed by atoms with Gasteiger partial charge in [0.15, 0.2) is 5.69 Å². The molecule has 1 atom stereocenters. The van der Waals surface area contributed by atoms with Gasteiger partial charge in [-0.05, 0) is 25.5 Å². The molecule has 19 heavy (non-hydrogen) atoms. The fourth-order valence-corrected chi connectivity index (χ4v) is 2.45. The number of nitrogens with zero attached hydrogens (tertiary/aromatic N) is 2. The first kappa shape index (κ1) is 13.8. The van der Waals surface area contributed by atoms with Gasteiger partial charge >= 0.3 is 5.97 Å². The highest BCUT2D eigenvalue weighted by atomic mass is 79.9. The molecular formula is C14H15BrN2O2. The van der Waals surface area contributed by atoms with E-state index in [4.69, 9.17) is 4.74 Å². The normalized spacial score (nSPS) is 12.2. The summed E-state index contributed by atoms with van der Waals surface area (Å²) in [5.41, 5.74) is 1.47. The Hall–Kier alpha value is -1.62. The highest BCUT2D eigenvalue weighted by molar-refractivity contribution is 9.10. The molecule has 1 aromatic carbocycles. The first-order valence-corrected chi connectivity index (χ1v) is 6.87. The fraction of sp³-hybridized carbons (Fsp3) is 0.286. The van der Waals surface area contributed by atoms with E-state index in [1.165, 1.54) is 0 Å². The van der Waals surface area contributed by atoms with Gasteiger partial charge in [-0.25, -0.2) is 9.78 Å². The predicted molar refractivity (Wildman–Crippen MR) is 76.1 cm³/mol. The van der Waals surface area contributed by atoms with Crippen LogP contribution >= 0.6 is 15.9 Å². The van der Waals surface area contributed by atoms with Gasteiger partial charge in [0.05, 0.1) is 19.0 Å². The van der Waals surface area contributed by atoms with E-state index < -0.39 is 0 Å². The lowest BCUT2D eigenvalue weighted by atomic mass is 10.1. The van der Waals surface area contributed by atoms with Crippen molar-refractivity contribution in [2.45, 2.75) is 19.9 Å². The maximum Gasteiger partial charge on any atom is 0.358 e.